The van der Waals surface area contributed by atoms with Crippen molar-refractivity contribution in [3.63, 3.8) is 0 Å². The maximum absolute atomic E-state index is 14.3. The number of hydrogen-bond donors (Lipinski definition) is 4. The van der Waals surface area contributed by atoms with Gasteiger partial charge in [-0.25, -0.2) is 0 Å². The van der Waals surface area contributed by atoms with Gasteiger partial charge in [0.05, 0.1) is 31.4 Å². The van der Waals surface area contributed by atoms with E-state index < -0.39 is 24.2 Å². The summed E-state index contributed by atoms with van der Waals surface area (Å²) in [5, 5.41) is 29.9. The van der Waals surface area contributed by atoms with Crippen LogP contribution in [0.2, 0.25) is 5.02 Å². The van der Waals surface area contributed by atoms with Crippen molar-refractivity contribution in [3.05, 3.63) is 46.5 Å². The lowest BCUT2D eigenvalue weighted by molar-refractivity contribution is -0.183. The van der Waals surface area contributed by atoms with Crippen LogP contribution < -0.4 is 20.3 Å². The molecular formula is C42H64ClN5O6. The first-order valence-electron chi connectivity index (χ1n) is 19.5. The Hall–Kier alpha value is -2.93. The van der Waals surface area contributed by atoms with Gasteiger partial charge in [0.2, 0.25) is 5.91 Å². The lowest BCUT2D eigenvalue weighted by Gasteiger charge is -2.62. The molecule has 6 rings (SSSR count). The highest BCUT2D eigenvalue weighted by Gasteiger charge is 2.57. The molecule has 12 heteroatoms. The first-order chi connectivity index (χ1) is 25.4. The van der Waals surface area contributed by atoms with Gasteiger partial charge in [0.1, 0.15) is 17.9 Å². The fourth-order valence-corrected chi connectivity index (χ4v) is 9.74. The summed E-state index contributed by atoms with van der Waals surface area (Å²) >= 11 is 6.97. The van der Waals surface area contributed by atoms with Crippen LogP contribution in [0.3, 0.4) is 0 Å². The Bertz CT molecular complexity index is 1640. The molecule has 2 aromatic rings. The number of anilines is 1. The number of nitrogens with zero attached hydrogens (tertiary/aromatic N) is 3. The van der Waals surface area contributed by atoms with Crippen LogP contribution >= 0.6 is 11.6 Å². The Morgan fingerprint density at radius 2 is 1.81 bits per heavy atom. The Balaban J connectivity index is 1.48. The average molecular weight is 770 g/mol. The quantitative estimate of drug-likeness (QED) is 0.187. The molecule has 3 aliphatic carbocycles. The minimum atomic E-state index is -0.919. The number of benzene rings is 2. The van der Waals surface area contributed by atoms with Gasteiger partial charge in [-0.3, -0.25) is 14.4 Å². The standard InChI is InChI=1S/C42H64ClN5O6/c1-23(2)14-30(21-46(7)8)44-40(51)28-15-27(16-31(17-28)47(9)10)37-33(43)13-12-26(39(37)53-11)20-48-38(36(25(4)50)35(22-49)54-48)41(52)45-34-19-29-18-32(24(34)3)42(29,5)6/h12-13,15-17,23-25,29-30,32,34-36,38,49-50H,14,18-22H2,1-11H3,(H,44,51)(H,45,52)/t24-,25-,29+,30-,32?,34-,35-,36+,38-/m0/s1. The van der Waals surface area contributed by atoms with Gasteiger partial charge in [-0.05, 0) is 99.2 Å². The zero-order valence-corrected chi connectivity index (χ0v) is 34.9. The Morgan fingerprint density at radius 3 is 2.37 bits per heavy atom. The predicted molar refractivity (Wildman–Crippen MR) is 215 cm³/mol. The molecule has 1 unspecified atom stereocenters. The number of carbonyl (C=O) groups is 2. The summed E-state index contributed by atoms with van der Waals surface area (Å²) in [7, 11) is 9.42. The van der Waals surface area contributed by atoms with E-state index in [-0.39, 0.29) is 42.5 Å². The number of methoxy groups -OCH3 is 1. The molecule has 9 atom stereocenters. The van der Waals surface area contributed by atoms with E-state index in [1.165, 1.54) is 6.42 Å². The minimum absolute atomic E-state index is 0.0227. The molecule has 11 nitrogen and oxygen atoms in total. The second kappa shape index (κ2) is 17.1. The number of hydroxylamine groups is 2. The van der Waals surface area contributed by atoms with Crippen molar-refractivity contribution >= 4 is 29.1 Å². The number of carbonyl (C=O) groups excluding carboxylic acids is 2. The van der Waals surface area contributed by atoms with Crippen molar-refractivity contribution in [1.29, 1.82) is 0 Å². The third-order valence-electron chi connectivity index (χ3n) is 12.4. The number of amides is 2. The van der Waals surface area contributed by atoms with Gasteiger partial charge in [0.25, 0.3) is 5.91 Å². The van der Waals surface area contributed by atoms with Crippen molar-refractivity contribution < 1.29 is 29.4 Å². The SMILES string of the molecule is COc1c(CN2O[C@@H](CO)[C@@H]([C@H](C)O)[C@H]2C(=O)N[C@H]2C[C@H]3CC([C@@H]2C)C3(C)C)ccc(Cl)c1-c1cc(C(=O)N[C@@H](CC(C)C)CN(C)C)cc(N(C)C)c1. The first-order valence-corrected chi connectivity index (χ1v) is 19.9. The molecule has 2 bridgehead atoms. The number of aliphatic hydroxyl groups is 2. The van der Waals surface area contributed by atoms with Crippen molar-refractivity contribution in [2.75, 3.05) is 53.4 Å². The highest BCUT2D eigenvalue weighted by molar-refractivity contribution is 6.33. The van der Waals surface area contributed by atoms with E-state index in [1.54, 1.807) is 25.2 Å². The van der Waals surface area contributed by atoms with Gasteiger partial charge in [0.15, 0.2) is 0 Å². The molecular weight excluding hydrogens is 706 g/mol. The lowest BCUT2D eigenvalue weighted by Crippen LogP contribution is -2.62. The largest absolute Gasteiger partial charge is 0.496 e. The summed E-state index contributed by atoms with van der Waals surface area (Å²) in [6, 6.07) is 8.43. The Labute approximate surface area is 327 Å². The van der Waals surface area contributed by atoms with E-state index in [1.807, 2.05) is 57.4 Å². The molecule has 2 amide bonds. The third kappa shape index (κ3) is 8.71. The molecule has 3 saturated carbocycles. The van der Waals surface area contributed by atoms with E-state index in [4.69, 9.17) is 21.2 Å². The maximum Gasteiger partial charge on any atom is 0.251 e. The van der Waals surface area contributed by atoms with Crippen molar-refractivity contribution in [2.45, 2.75) is 97.7 Å². The number of ether oxygens (including phenoxy) is 1. The van der Waals surface area contributed by atoms with Crippen LogP contribution in [0.5, 0.6) is 5.75 Å². The average Bonchev–Trinajstić information content (AvgIpc) is 3.47. The molecule has 1 aliphatic heterocycles. The number of rotatable bonds is 15. The summed E-state index contributed by atoms with van der Waals surface area (Å²) < 4.78 is 6.08. The van der Waals surface area contributed by atoms with Crippen LogP contribution in [0.15, 0.2) is 30.3 Å². The molecule has 0 spiro atoms. The summed E-state index contributed by atoms with van der Waals surface area (Å²) in [6.07, 6.45) is 1.26. The highest BCUT2D eigenvalue weighted by atomic mass is 35.5. The van der Waals surface area contributed by atoms with Gasteiger partial charge >= 0.3 is 0 Å². The van der Waals surface area contributed by atoms with Gasteiger partial charge in [-0.15, -0.1) is 0 Å². The molecule has 0 aromatic heterocycles. The summed E-state index contributed by atoms with van der Waals surface area (Å²) in [5.74, 6) is 1.25. The van der Waals surface area contributed by atoms with Crippen LogP contribution in [-0.4, -0.2) is 111 Å². The number of fused-ring (bicyclic) bond motifs is 2. The van der Waals surface area contributed by atoms with E-state index in [2.05, 4.69) is 50.2 Å². The van der Waals surface area contributed by atoms with E-state index >= 15 is 0 Å². The van der Waals surface area contributed by atoms with E-state index in [9.17, 15) is 19.8 Å². The predicted octanol–water partition coefficient (Wildman–Crippen LogP) is 5.45. The summed E-state index contributed by atoms with van der Waals surface area (Å²) in [6.45, 7) is 13.3. The second-order valence-corrected chi connectivity index (χ2v) is 18.0. The van der Waals surface area contributed by atoms with Crippen LogP contribution in [0.25, 0.3) is 11.1 Å². The summed E-state index contributed by atoms with van der Waals surface area (Å²) in [4.78, 5) is 38.5. The minimum Gasteiger partial charge on any atom is -0.496 e. The molecule has 54 heavy (non-hydrogen) atoms. The molecule has 4 fully saturated rings. The van der Waals surface area contributed by atoms with Gasteiger partial charge in [0, 0.05) is 61.0 Å². The fraction of sp³-hybridized carbons (Fsp3) is 0.667. The first kappa shape index (κ1) is 42.2. The molecule has 2 aromatic carbocycles. The van der Waals surface area contributed by atoms with Gasteiger partial charge in [-0.1, -0.05) is 52.3 Å². The zero-order chi connectivity index (χ0) is 39.8. The summed E-state index contributed by atoms with van der Waals surface area (Å²) in [5.41, 5.74) is 3.58. The maximum atomic E-state index is 14.3. The Kier molecular flexibility index (Phi) is 13.3. The monoisotopic (exact) mass is 769 g/mol. The Morgan fingerprint density at radius 1 is 1.11 bits per heavy atom. The van der Waals surface area contributed by atoms with E-state index in [0.717, 1.165) is 25.1 Å². The van der Waals surface area contributed by atoms with Gasteiger partial charge < -0.3 is 35.4 Å². The van der Waals surface area contributed by atoms with Crippen molar-refractivity contribution in [1.82, 2.24) is 20.6 Å². The zero-order valence-electron chi connectivity index (χ0n) is 34.1. The van der Waals surface area contributed by atoms with Crippen molar-refractivity contribution in [2.24, 2.45) is 35.0 Å². The number of halogens is 1. The smallest absolute Gasteiger partial charge is 0.251 e. The lowest BCUT2D eigenvalue weighted by atomic mass is 9.45. The molecule has 4 N–H and O–H groups in total. The topological polar surface area (TPSA) is 127 Å². The second-order valence-electron chi connectivity index (χ2n) is 17.6. The number of likely N-dealkylation sites (N-methyl/N-ethyl adjacent to an activating group) is 1. The molecule has 4 aliphatic rings. The number of nitrogens with one attached hydrogen (secondary N) is 2. The number of hydrogen-bond acceptors (Lipinski definition) is 9. The molecule has 1 heterocycles. The number of aliphatic hydroxyl groups excluding tert-OH is 2. The van der Waals surface area contributed by atoms with Gasteiger partial charge in [-0.2, -0.15) is 5.06 Å². The fourth-order valence-electron chi connectivity index (χ4n) is 9.48. The molecule has 1 saturated heterocycles. The van der Waals surface area contributed by atoms with Crippen LogP contribution in [-0.2, 0) is 16.2 Å². The van der Waals surface area contributed by atoms with Crippen molar-refractivity contribution in [3.8, 4) is 16.9 Å². The van der Waals surface area contributed by atoms with Crippen LogP contribution in [0.4, 0.5) is 5.69 Å². The molecule has 300 valence electrons. The highest BCUT2D eigenvalue weighted by Crippen LogP contribution is 2.61. The third-order valence-corrected chi connectivity index (χ3v) is 12.8. The van der Waals surface area contributed by atoms with Crippen LogP contribution in [0, 0.1) is 35.0 Å². The van der Waals surface area contributed by atoms with Crippen LogP contribution in [0.1, 0.15) is 76.7 Å². The normalized spacial score (nSPS) is 27.4. The van der Waals surface area contributed by atoms with E-state index in [0.29, 0.717) is 56.7 Å². The molecule has 0 radical (unpaired) electrons.